The van der Waals surface area contributed by atoms with Crippen LogP contribution < -0.4 is 5.73 Å². The second-order valence-corrected chi connectivity index (χ2v) is 7.18. The normalized spacial score (nSPS) is 13.3. The molecule has 128 valence electrons. The van der Waals surface area contributed by atoms with Crippen LogP contribution >= 0.6 is 0 Å². The molecule has 0 fully saturated rings. The smallest absolute Gasteiger partial charge is 0.410 e. The van der Waals surface area contributed by atoms with Gasteiger partial charge >= 0.3 is 12.1 Å². The second-order valence-electron chi connectivity index (χ2n) is 7.18. The van der Waals surface area contributed by atoms with Crippen LogP contribution in [-0.2, 0) is 14.9 Å². The summed E-state index contributed by atoms with van der Waals surface area (Å²) in [5, 5.41) is 9.68. The van der Waals surface area contributed by atoms with Gasteiger partial charge in [0, 0.05) is 18.2 Å². The predicted octanol–water partition coefficient (Wildman–Crippen LogP) is 2.87. The monoisotopic (exact) mass is 322 g/mol. The van der Waals surface area contributed by atoms with E-state index >= 15 is 0 Å². The van der Waals surface area contributed by atoms with Crippen molar-refractivity contribution < 1.29 is 19.4 Å². The molecule has 0 aliphatic carbocycles. The molecule has 0 saturated carbocycles. The average Bonchev–Trinajstić information content (AvgIpc) is 2.35. The number of aliphatic carboxylic acids is 1. The number of benzene rings is 1. The van der Waals surface area contributed by atoms with Crippen LogP contribution in [0.15, 0.2) is 24.3 Å². The Morgan fingerprint density at radius 2 is 1.78 bits per heavy atom. The number of carboxylic acids is 1. The number of carboxylic acid groups (broad SMARTS) is 1. The van der Waals surface area contributed by atoms with Crippen LogP contribution in [0, 0.1) is 0 Å². The number of hydrogen-bond donors (Lipinski definition) is 2. The van der Waals surface area contributed by atoms with Gasteiger partial charge in [0.2, 0.25) is 0 Å². The van der Waals surface area contributed by atoms with Crippen molar-refractivity contribution in [1.29, 1.82) is 0 Å². The first-order chi connectivity index (χ1) is 10.4. The topological polar surface area (TPSA) is 92.9 Å². The number of amides is 1. The van der Waals surface area contributed by atoms with Gasteiger partial charge in [0.25, 0.3) is 0 Å². The molecule has 0 aliphatic rings. The Morgan fingerprint density at radius 1 is 1.22 bits per heavy atom. The van der Waals surface area contributed by atoms with Crippen LogP contribution in [0.1, 0.15) is 40.2 Å². The standard InChI is InChI=1S/C17H26N2O4/c1-16(2,3)23-15(22)19(6)13(14(20)21)17(4,5)11-8-7-9-12(18)10-11/h7-10,13H,18H2,1-6H3,(H,20,21). The quantitative estimate of drug-likeness (QED) is 0.831. The van der Waals surface area contributed by atoms with Crippen molar-refractivity contribution in [1.82, 2.24) is 4.90 Å². The number of carbonyl (C=O) groups is 2. The molecule has 6 nitrogen and oxygen atoms in total. The third-order valence-electron chi connectivity index (χ3n) is 3.62. The highest BCUT2D eigenvalue weighted by atomic mass is 16.6. The van der Waals surface area contributed by atoms with Crippen molar-refractivity contribution in [2.75, 3.05) is 12.8 Å². The van der Waals surface area contributed by atoms with Gasteiger partial charge < -0.3 is 15.6 Å². The molecule has 0 spiro atoms. The Bertz CT molecular complexity index is 591. The maximum atomic E-state index is 12.3. The van der Waals surface area contributed by atoms with E-state index in [1.807, 2.05) is 0 Å². The summed E-state index contributed by atoms with van der Waals surface area (Å²) in [6.07, 6.45) is -0.679. The molecule has 1 unspecified atom stereocenters. The highest BCUT2D eigenvalue weighted by Gasteiger charge is 2.42. The Labute approximate surface area is 137 Å². The van der Waals surface area contributed by atoms with Gasteiger partial charge in [-0.25, -0.2) is 9.59 Å². The number of ether oxygens (including phenoxy) is 1. The Kier molecular flexibility index (Phi) is 5.30. The molecule has 6 heteroatoms. The lowest BCUT2D eigenvalue weighted by atomic mass is 9.77. The van der Waals surface area contributed by atoms with Crippen LogP contribution in [-0.4, -0.2) is 40.8 Å². The lowest BCUT2D eigenvalue weighted by molar-refractivity contribution is -0.145. The molecule has 0 aromatic heterocycles. The van der Waals surface area contributed by atoms with Gasteiger partial charge in [-0.15, -0.1) is 0 Å². The van der Waals surface area contributed by atoms with Crippen LogP contribution in [0.3, 0.4) is 0 Å². The Morgan fingerprint density at radius 3 is 2.22 bits per heavy atom. The van der Waals surface area contributed by atoms with Crippen molar-refractivity contribution in [2.24, 2.45) is 0 Å². The first kappa shape index (κ1) is 18.8. The van der Waals surface area contributed by atoms with Gasteiger partial charge in [-0.1, -0.05) is 26.0 Å². The van der Waals surface area contributed by atoms with E-state index in [2.05, 4.69) is 0 Å². The van der Waals surface area contributed by atoms with E-state index in [-0.39, 0.29) is 0 Å². The van der Waals surface area contributed by atoms with Crippen molar-refractivity contribution in [3.8, 4) is 0 Å². The van der Waals surface area contributed by atoms with Crippen LogP contribution in [0.25, 0.3) is 0 Å². The Hall–Kier alpha value is -2.24. The Balaban J connectivity index is 3.19. The van der Waals surface area contributed by atoms with Gasteiger partial charge in [0.05, 0.1) is 0 Å². The van der Waals surface area contributed by atoms with Gasteiger partial charge in [-0.2, -0.15) is 0 Å². The molecule has 1 aromatic rings. The molecule has 3 N–H and O–H groups in total. The largest absolute Gasteiger partial charge is 0.480 e. The molecule has 0 radical (unpaired) electrons. The molecule has 0 bridgehead atoms. The van der Waals surface area contributed by atoms with Crippen LogP contribution in [0.5, 0.6) is 0 Å². The summed E-state index contributed by atoms with van der Waals surface area (Å²) in [7, 11) is 1.43. The minimum atomic E-state index is -1.11. The molecular formula is C17H26N2O4. The highest BCUT2D eigenvalue weighted by Crippen LogP contribution is 2.32. The zero-order chi connectivity index (χ0) is 18.0. The van der Waals surface area contributed by atoms with Crippen LogP contribution in [0.4, 0.5) is 10.5 Å². The van der Waals surface area contributed by atoms with E-state index in [9.17, 15) is 14.7 Å². The lowest BCUT2D eigenvalue weighted by Crippen LogP contribution is -2.54. The predicted molar refractivity (Wildman–Crippen MR) is 89.3 cm³/mol. The molecule has 1 atom stereocenters. The summed E-state index contributed by atoms with van der Waals surface area (Å²) in [5.74, 6) is -1.11. The maximum Gasteiger partial charge on any atom is 0.410 e. The zero-order valence-corrected chi connectivity index (χ0v) is 14.6. The number of hydrogen-bond acceptors (Lipinski definition) is 4. The van der Waals surface area contributed by atoms with E-state index in [4.69, 9.17) is 10.5 Å². The number of anilines is 1. The summed E-state index contributed by atoms with van der Waals surface area (Å²) in [4.78, 5) is 25.2. The van der Waals surface area contributed by atoms with Crippen molar-refractivity contribution in [2.45, 2.75) is 51.7 Å². The summed E-state index contributed by atoms with van der Waals surface area (Å²) in [5.41, 5.74) is 5.52. The molecule has 0 aliphatic heterocycles. The maximum absolute atomic E-state index is 12.3. The first-order valence-electron chi connectivity index (χ1n) is 7.41. The van der Waals surface area contributed by atoms with Gasteiger partial charge in [0.1, 0.15) is 11.6 Å². The number of nitrogens with zero attached hydrogens (tertiary/aromatic N) is 1. The van der Waals surface area contributed by atoms with Crippen molar-refractivity contribution in [3.05, 3.63) is 29.8 Å². The fourth-order valence-corrected chi connectivity index (χ4v) is 2.50. The van der Waals surface area contributed by atoms with E-state index in [1.54, 1.807) is 58.9 Å². The second kappa shape index (κ2) is 6.48. The lowest BCUT2D eigenvalue weighted by Gasteiger charge is -2.38. The molecule has 0 heterocycles. The average molecular weight is 322 g/mol. The number of nitrogen functional groups attached to an aromatic ring is 1. The van der Waals surface area contributed by atoms with E-state index in [1.165, 1.54) is 7.05 Å². The first-order valence-corrected chi connectivity index (χ1v) is 7.41. The number of nitrogens with two attached hydrogens (primary N) is 1. The third-order valence-corrected chi connectivity index (χ3v) is 3.62. The SMILES string of the molecule is CN(C(=O)OC(C)(C)C)C(C(=O)O)C(C)(C)c1cccc(N)c1. The summed E-state index contributed by atoms with van der Waals surface area (Å²) >= 11 is 0. The summed E-state index contributed by atoms with van der Waals surface area (Å²) in [6, 6.07) is 5.92. The van der Waals surface area contributed by atoms with Gasteiger partial charge in [0.15, 0.2) is 0 Å². The molecule has 0 saturated heterocycles. The van der Waals surface area contributed by atoms with E-state index < -0.39 is 29.1 Å². The van der Waals surface area contributed by atoms with Gasteiger partial charge in [-0.05, 0) is 38.5 Å². The zero-order valence-electron chi connectivity index (χ0n) is 14.6. The molecular weight excluding hydrogens is 296 g/mol. The van der Waals surface area contributed by atoms with Crippen molar-refractivity contribution >= 4 is 17.7 Å². The number of rotatable bonds is 4. The van der Waals surface area contributed by atoms with Crippen molar-refractivity contribution in [3.63, 3.8) is 0 Å². The van der Waals surface area contributed by atoms with E-state index in [0.29, 0.717) is 5.69 Å². The fourth-order valence-electron chi connectivity index (χ4n) is 2.50. The van der Waals surface area contributed by atoms with Crippen LogP contribution in [0.2, 0.25) is 0 Å². The number of likely N-dealkylation sites (N-methyl/N-ethyl adjacent to an activating group) is 1. The third kappa shape index (κ3) is 4.61. The summed E-state index contributed by atoms with van der Waals surface area (Å²) < 4.78 is 5.28. The van der Waals surface area contributed by atoms with Gasteiger partial charge in [-0.3, -0.25) is 4.90 Å². The fraction of sp³-hybridized carbons (Fsp3) is 0.529. The summed E-state index contributed by atoms with van der Waals surface area (Å²) in [6.45, 7) is 8.73. The van der Waals surface area contributed by atoms with E-state index in [0.717, 1.165) is 10.5 Å². The minimum Gasteiger partial charge on any atom is -0.480 e. The molecule has 1 rings (SSSR count). The number of carbonyl (C=O) groups excluding carboxylic acids is 1. The highest BCUT2D eigenvalue weighted by molar-refractivity contribution is 5.82. The molecule has 1 amide bonds. The molecule has 23 heavy (non-hydrogen) atoms. The molecule has 1 aromatic carbocycles. The minimum absolute atomic E-state index is 0.541.